The first kappa shape index (κ1) is 13.4. The largest absolute Gasteiger partial charge is 0.398 e. The lowest BCUT2D eigenvalue weighted by molar-refractivity contribution is 0.245. The normalized spacial score (nSPS) is 16.6. The Morgan fingerprint density at radius 1 is 1.28 bits per heavy atom. The first-order valence-electron chi connectivity index (χ1n) is 7.01. The standard InChI is InChI=1S/C15H25N3/c1-18(14-7-3-4-8-14)11-10-17-12-13-6-2-5-9-15(13)16/h2,5-6,9,14,17H,3-4,7-8,10-12,16H2,1H3. The molecule has 0 radical (unpaired) electrons. The second-order valence-corrected chi connectivity index (χ2v) is 5.29. The van der Waals surface area contributed by atoms with Crippen molar-refractivity contribution in [3.63, 3.8) is 0 Å². The Bertz CT molecular complexity index is 359. The predicted molar refractivity (Wildman–Crippen MR) is 77.4 cm³/mol. The molecule has 1 saturated carbocycles. The maximum atomic E-state index is 5.91. The van der Waals surface area contributed by atoms with E-state index in [1.165, 1.54) is 31.2 Å². The van der Waals surface area contributed by atoms with Crippen LogP contribution in [0.1, 0.15) is 31.2 Å². The molecule has 0 spiro atoms. The number of benzene rings is 1. The van der Waals surface area contributed by atoms with Crippen LogP contribution >= 0.6 is 0 Å². The highest BCUT2D eigenvalue weighted by Crippen LogP contribution is 2.21. The molecule has 0 saturated heterocycles. The van der Waals surface area contributed by atoms with Crippen molar-refractivity contribution in [1.29, 1.82) is 0 Å². The summed E-state index contributed by atoms with van der Waals surface area (Å²) in [5, 5.41) is 3.48. The number of anilines is 1. The van der Waals surface area contributed by atoms with Crippen LogP contribution in [0, 0.1) is 0 Å². The van der Waals surface area contributed by atoms with Gasteiger partial charge in [-0.2, -0.15) is 0 Å². The Morgan fingerprint density at radius 2 is 2.00 bits per heavy atom. The van der Waals surface area contributed by atoms with E-state index in [0.717, 1.165) is 31.4 Å². The van der Waals surface area contributed by atoms with E-state index in [-0.39, 0.29) is 0 Å². The summed E-state index contributed by atoms with van der Waals surface area (Å²) in [6, 6.07) is 8.88. The molecule has 3 nitrogen and oxygen atoms in total. The molecule has 1 aliphatic rings. The van der Waals surface area contributed by atoms with E-state index in [9.17, 15) is 0 Å². The van der Waals surface area contributed by atoms with E-state index in [0.29, 0.717) is 0 Å². The summed E-state index contributed by atoms with van der Waals surface area (Å²) in [6.07, 6.45) is 5.57. The number of hydrogen-bond acceptors (Lipinski definition) is 3. The molecule has 0 bridgehead atoms. The molecule has 1 aromatic carbocycles. The Labute approximate surface area is 110 Å². The number of nitrogen functional groups attached to an aromatic ring is 1. The van der Waals surface area contributed by atoms with Gasteiger partial charge in [-0.05, 0) is 31.5 Å². The van der Waals surface area contributed by atoms with Gasteiger partial charge in [0.2, 0.25) is 0 Å². The summed E-state index contributed by atoms with van der Waals surface area (Å²) >= 11 is 0. The quantitative estimate of drug-likeness (QED) is 0.598. The lowest BCUT2D eigenvalue weighted by Crippen LogP contribution is -2.35. The van der Waals surface area contributed by atoms with Gasteiger partial charge >= 0.3 is 0 Å². The molecular formula is C15H25N3. The third-order valence-electron chi connectivity index (χ3n) is 3.96. The van der Waals surface area contributed by atoms with E-state index in [1.54, 1.807) is 0 Å². The fraction of sp³-hybridized carbons (Fsp3) is 0.600. The topological polar surface area (TPSA) is 41.3 Å². The molecule has 0 heterocycles. The zero-order valence-electron chi connectivity index (χ0n) is 11.4. The number of nitrogens with two attached hydrogens (primary N) is 1. The maximum absolute atomic E-state index is 5.91. The highest BCUT2D eigenvalue weighted by molar-refractivity contribution is 5.46. The number of hydrogen-bond donors (Lipinski definition) is 2. The van der Waals surface area contributed by atoms with Crippen LogP contribution in [0.25, 0.3) is 0 Å². The summed E-state index contributed by atoms with van der Waals surface area (Å²) < 4.78 is 0. The summed E-state index contributed by atoms with van der Waals surface area (Å²) in [4.78, 5) is 2.49. The van der Waals surface area contributed by atoms with E-state index in [2.05, 4.69) is 23.3 Å². The van der Waals surface area contributed by atoms with Gasteiger partial charge in [0.05, 0.1) is 0 Å². The number of likely N-dealkylation sites (N-methyl/N-ethyl adjacent to an activating group) is 1. The van der Waals surface area contributed by atoms with Gasteiger partial charge < -0.3 is 16.0 Å². The minimum absolute atomic E-state index is 0.814. The van der Waals surface area contributed by atoms with Crippen LogP contribution in [0.4, 0.5) is 5.69 Å². The second-order valence-electron chi connectivity index (χ2n) is 5.29. The average Bonchev–Trinajstić information content (AvgIpc) is 2.90. The number of nitrogens with zero attached hydrogens (tertiary/aromatic N) is 1. The number of nitrogens with one attached hydrogen (secondary N) is 1. The Hall–Kier alpha value is -1.06. The molecule has 100 valence electrons. The van der Waals surface area contributed by atoms with Crippen LogP contribution in [-0.4, -0.2) is 31.1 Å². The van der Waals surface area contributed by atoms with Crippen molar-refractivity contribution in [2.24, 2.45) is 0 Å². The molecule has 1 aromatic rings. The zero-order valence-corrected chi connectivity index (χ0v) is 11.4. The summed E-state index contributed by atoms with van der Waals surface area (Å²) in [5.41, 5.74) is 7.99. The Kier molecular flexibility index (Phi) is 5.02. The third-order valence-corrected chi connectivity index (χ3v) is 3.96. The molecule has 0 unspecified atom stereocenters. The number of rotatable bonds is 6. The Balaban J connectivity index is 1.65. The maximum Gasteiger partial charge on any atom is 0.0359 e. The molecule has 2 rings (SSSR count). The molecule has 3 heteroatoms. The molecule has 0 aromatic heterocycles. The molecule has 0 aliphatic heterocycles. The van der Waals surface area contributed by atoms with Crippen molar-refractivity contribution >= 4 is 5.69 Å². The van der Waals surface area contributed by atoms with Crippen molar-refractivity contribution in [3.05, 3.63) is 29.8 Å². The van der Waals surface area contributed by atoms with Gasteiger partial charge in [0.1, 0.15) is 0 Å². The molecule has 0 atom stereocenters. The van der Waals surface area contributed by atoms with Crippen molar-refractivity contribution in [2.45, 2.75) is 38.3 Å². The molecule has 1 fully saturated rings. The predicted octanol–water partition coefficient (Wildman–Crippen LogP) is 2.23. The van der Waals surface area contributed by atoms with Gasteiger partial charge in [0, 0.05) is 31.4 Å². The smallest absolute Gasteiger partial charge is 0.0359 e. The van der Waals surface area contributed by atoms with Crippen molar-refractivity contribution in [2.75, 3.05) is 25.9 Å². The van der Waals surface area contributed by atoms with Crippen LogP contribution in [-0.2, 0) is 6.54 Å². The van der Waals surface area contributed by atoms with Gasteiger partial charge in [-0.25, -0.2) is 0 Å². The van der Waals surface area contributed by atoms with E-state index in [1.807, 2.05) is 18.2 Å². The third kappa shape index (κ3) is 3.72. The van der Waals surface area contributed by atoms with Crippen molar-refractivity contribution < 1.29 is 0 Å². The molecule has 1 aliphatic carbocycles. The van der Waals surface area contributed by atoms with E-state index < -0.39 is 0 Å². The monoisotopic (exact) mass is 247 g/mol. The summed E-state index contributed by atoms with van der Waals surface area (Å²) in [5.74, 6) is 0. The SMILES string of the molecule is CN(CCNCc1ccccc1N)C1CCCC1. The van der Waals surface area contributed by atoms with Gasteiger partial charge in [-0.15, -0.1) is 0 Å². The van der Waals surface area contributed by atoms with Crippen molar-refractivity contribution in [3.8, 4) is 0 Å². The number of para-hydroxylation sites is 1. The highest BCUT2D eigenvalue weighted by atomic mass is 15.1. The molecule has 3 N–H and O–H groups in total. The molecule has 0 amide bonds. The average molecular weight is 247 g/mol. The first-order chi connectivity index (χ1) is 8.77. The first-order valence-corrected chi connectivity index (χ1v) is 7.01. The highest BCUT2D eigenvalue weighted by Gasteiger charge is 2.18. The van der Waals surface area contributed by atoms with Gasteiger partial charge in [-0.3, -0.25) is 0 Å². The van der Waals surface area contributed by atoms with Crippen LogP contribution in [0.2, 0.25) is 0 Å². The lowest BCUT2D eigenvalue weighted by Gasteiger charge is -2.24. The van der Waals surface area contributed by atoms with Crippen LogP contribution in [0.5, 0.6) is 0 Å². The second kappa shape index (κ2) is 6.76. The lowest BCUT2D eigenvalue weighted by atomic mass is 10.2. The molecular weight excluding hydrogens is 222 g/mol. The zero-order chi connectivity index (χ0) is 12.8. The summed E-state index contributed by atoms with van der Waals surface area (Å²) in [6.45, 7) is 3.02. The Morgan fingerprint density at radius 3 is 2.72 bits per heavy atom. The van der Waals surface area contributed by atoms with Gasteiger partial charge in [0.15, 0.2) is 0 Å². The van der Waals surface area contributed by atoms with Crippen molar-refractivity contribution in [1.82, 2.24) is 10.2 Å². The minimum Gasteiger partial charge on any atom is -0.398 e. The van der Waals surface area contributed by atoms with Crippen LogP contribution in [0.3, 0.4) is 0 Å². The fourth-order valence-corrected chi connectivity index (χ4v) is 2.70. The minimum atomic E-state index is 0.814. The summed E-state index contributed by atoms with van der Waals surface area (Å²) in [7, 11) is 2.24. The van der Waals surface area contributed by atoms with Crippen LogP contribution < -0.4 is 11.1 Å². The van der Waals surface area contributed by atoms with Crippen LogP contribution in [0.15, 0.2) is 24.3 Å². The van der Waals surface area contributed by atoms with Gasteiger partial charge in [0.25, 0.3) is 0 Å². The molecule has 18 heavy (non-hydrogen) atoms. The fourth-order valence-electron chi connectivity index (χ4n) is 2.70. The van der Waals surface area contributed by atoms with E-state index >= 15 is 0 Å². The van der Waals surface area contributed by atoms with Gasteiger partial charge in [-0.1, -0.05) is 31.0 Å². The van der Waals surface area contributed by atoms with E-state index in [4.69, 9.17) is 5.73 Å².